The molecule has 2 unspecified atom stereocenters. The van der Waals surface area contributed by atoms with Gasteiger partial charge in [0.15, 0.2) is 0 Å². The van der Waals surface area contributed by atoms with Gasteiger partial charge in [-0.3, -0.25) is 10.1 Å². The Labute approximate surface area is 155 Å². The number of nitrogens with zero attached hydrogens (tertiary/aromatic N) is 2. The fraction of sp³-hybridized carbons (Fsp3) is 0.444. The van der Waals surface area contributed by atoms with Crippen molar-refractivity contribution in [1.82, 2.24) is 9.80 Å². The predicted molar refractivity (Wildman–Crippen MR) is 94.3 cm³/mol. The average molecular weight is 375 g/mol. The van der Waals surface area contributed by atoms with Crippen molar-refractivity contribution in [2.45, 2.75) is 31.2 Å². The van der Waals surface area contributed by atoms with Gasteiger partial charge in [0.05, 0.1) is 13.5 Å². The zero-order valence-corrected chi connectivity index (χ0v) is 14.9. The third kappa shape index (κ3) is 3.86. The summed E-state index contributed by atoms with van der Waals surface area (Å²) in [6.45, 7) is 0.863. The molecule has 0 bridgehead atoms. The van der Waals surface area contributed by atoms with Crippen LogP contribution in [-0.4, -0.2) is 65.1 Å². The summed E-state index contributed by atoms with van der Waals surface area (Å²) in [6.07, 6.45) is 0.884. The highest BCUT2D eigenvalue weighted by Gasteiger charge is 2.47. The van der Waals surface area contributed by atoms with Gasteiger partial charge in [-0.15, -0.1) is 0 Å². The minimum Gasteiger partial charge on any atom is -0.480 e. The molecular weight excluding hydrogens is 354 g/mol. The molecule has 0 aliphatic carbocycles. The van der Waals surface area contributed by atoms with Crippen molar-refractivity contribution < 1.29 is 29.0 Å². The van der Waals surface area contributed by atoms with Crippen LogP contribution in [0.15, 0.2) is 24.3 Å². The predicted octanol–water partition coefficient (Wildman–Crippen LogP) is 1.85. The highest BCUT2D eigenvalue weighted by molar-refractivity contribution is 6.05. The van der Waals surface area contributed by atoms with Gasteiger partial charge in [-0.25, -0.2) is 19.3 Å². The number of carbonyl (C=O) groups excluding carboxylic acids is 3. The van der Waals surface area contributed by atoms with Crippen LogP contribution in [0, 0.1) is 0 Å². The van der Waals surface area contributed by atoms with E-state index in [2.05, 4.69) is 10.1 Å². The molecular formula is C18H21N3O6. The number of nitrogens with one attached hydrogen (secondary N) is 1. The van der Waals surface area contributed by atoms with Crippen LogP contribution < -0.4 is 5.32 Å². The molecule has 0 spiro atoms. The van der Waals surface area contributed by atoms with Crippen molar-refractivity contribution in [3.05, 3.63) is 29.8 Å². The Kier molecular flexibility index (Phi) is 5.29. The average Bonchev–Trinajstić information content (AvgIpc) is 2.66. The Morgan fingerprint density at radius 3 is 2.74 bits per heavy atom. The van der Waals surface area contributed by atoms with Gasteiger partial charge in [-0.05, 0) is 30.5 Å². The standard InChI is InChI=1S/C18H21N3O6/c1-27-17(25)19-13-6-2-4-11(8-13)12-5-3-7-20(10-12)18(26)21-14(16(23)24)9-15(21)22/h2,4,6,8,12,14H,3,5,7,9-10H2,1H3,(H,19,25)(H,23,24). The van der Waals surface area contributed by atoms with Crippen molar-refractivity contribution in [2.75, 3.05) is 25.5 Å². The topological polar surface area (TPSA) is 116 Å². The first kappa shape index (κ1) is 18.7. The normalized spacial score (nSPS) is 22.0. The first-order valence-corrected chi connectivity index (χ1v) is 8.69. The minimum absolute atomic E-state index is 0.0294. The van der Waals surface area contributed by atoms with Gasteiger partial charge >= 0.3 is 18.1 Å². The van der Waals surface area contributed by atoms with E-state index in [0.717, 1.165) is 23.3 Å². The van der Waals surface area contributed by atoms with Crippen LogP contribution in [0.4, 0.5) is 15.3 Å². The second-order valence-electron chi connectivity index (χ2n) is 6.63. The van der Waals surface area contributed by atoms with Gasteiger partial charge in [0, 0.05) is 24.7 Å². The lowest BCUT2D eigenvalue weighted by Gasteiger charge is -2.41. The lowest BCUT2D eigenvalue weighted by Crippen LogP contribution is -2.63. The van der Waals surface area contributed by atoms with Crippen molar-refractivity contribution in [3.63, 3.8) is 0 Å². The molecule has 1 aromatic rings. The van der Waals surface area contributed by atoms with Crippen molar-refractivity contribution >= 4 is 29.7 Å². The number of hydrogen-bond acceptors (Lipinski definition) is 5. The molecule has 2 saturated heterocycles. The number of ether oxygens (including phenoxy) is 1. The van der Waals surface area contributed by atoms with E-state index in [-0.39, 0.29) is 12.3 Å². The Bertz CT molecular complexity index is 780. The molecule has 2 aliphatic rings. The number of anilines is 1. The second kappa shape index (κ2) is 7.65. The van der Waals surface area contributed by atoms with E-state index in [1.165, 1.54) is 12.0 Å². The molecule has 0 aromatic heterocycles. The van der Waals surface area contributed by atoms with E-state index in [4.69, 9.17) is 5.11 Å². The van der Waals surface area contributed by atoms with Crippen LogP contribution in [0.2, 0.25) is 0 Å². The summed E-state index contributed by atoms with van der Waals surface area (Å²) in [7, 11) is 1.28. The van der Waals surface area contributed by atoms with Crippen LogP contribution in [0.1, 0.15) is 30.7 Å². The Hall–Kier alpha value is -3.10. The molecule has 3 rings (SSSR count). The maximum Gasteiger partial charge on any atom is 0.411 e. The summed E-state index contributed by atoms with van der Waals surface area (Å²) in [5, 5.41) is 11.7. The molecule has 144 valence electrons. The van der Waals surface area contributed by atoms with E-state index in [1.807, 2.05) is 12.1 Å². The number of benzene rings is 1. The van der Waals surface area contributed by atoms with Gasteiger partial charge in [0.1, 0.15) is 6.04 Å². The summed E-state index contributed by atoms with van der Waals surface area (Å²) >= 11 is 0. The number of methoxy groups -OCH3 is 1. The molecule has 2 atom stereocenters. The number of hydrogen-bond donors (Lipinski definition) is 2. The SMILES string of the molecule is COC(=O)Nc1cccc(C2CCCN(C(=O)N3C(=O)CC3C(=O)O)C2)c1. The summed E-state index contributed by atoms with van der Waals surface area (Å²) < 4.78 is 4.58. The van der Waals surface area contributed by atoms with Gasteiger partial charge in [0.2, 0.25) is 5.91 Å². The molecule has 2 heterocycles. The number of carboxylic acid groups (broad SMARTS) is 1. The summed E-state index contributed by atoms with van der Waals surface area (Å²) in [5.41, 5.74) is 1.54. The van der Waals surface area contributed by atoms with Crippen molar-refractivity contribution in [2.24, 2.45) is 0 Å². The van der Waals surface area contributed by atoms with Crippen LogP contribution in [0.5, 0.6) is 0 Å². The van der Waals surface area contributed by atoms with Crippen LogP contribution in [0.25, 0.3) is 0 Å². The molecule has 9 nitrogen and oxygen atoms in total. The summed E-state index contributed by atoms with van der Waals surface area (Å²) in [5.74, 6) is -1.60. The second-order valence-corrected chi connectivity index (χ2v) is 6.63. The molecule has 4 amide bonds. The van der Waals surface area contributed by atoms with E-state index < -0.39 is 30.0 Å². The fourth-order valence-electron chi connectivity index (χ4n) is 3.47. The van der Waals surface area contributed by atoms with Crippen molar-refractivity contribution in [1.29, 1.82) is 0 Å². The molecule has 0 radical (unpaired) electrons. The number of aliphatic carboxylic acids is 1. The Balaban J connectivity index is 1.70. The Morgan fingerprint density at radius 2 is 2.07 bits per heavy atom. The molecule has 2 aliphatic heterocycles. The molecule has 9 heteroatoms. The number of rotatable bonds is 3. The molecule has 2 N–H and O–H groups in total. The molecule has 2 fully saturated rings. The van der Waals surface area contributed by atoms with E-state index >= 15 is 0 Å². The molecule has 0 saturated carbocycles. The lowest BCUT2D eigenvalue weighted by molar-refractivity contribution is -0.158. The van der Waals surface area contributed by atoms with Crippen molar-refractivity contribution in [3.8, 4) is 0 Å². The number of amides is 4. The smallest absolute Gasteiger partial charge is 0.411 e. The summed E-state index contributed by atoms with van der Waals surface area (Å²) in [6, 6.07) is 5.66. The lowest BCUT2D eigenvalue weighted by atomic mass is 9.90. The monoisotopic (exact) mass is 375 g/mol. The minimum atomic E-state index is -1.17. The van der Waals surface area contributed by atoms with Crippen LogP contribution in [0.3, 0.4) is 0 Å². The summed E-state index contributed by atoms with van der Waals surface area (Å²) in [4.78, 5) is 49.2. The molecule has 27 heavy (non-hydrogen) atoms. The molecule has 1 aromatic carbocycles. The first-order chi connectivity index (χ1) is 12.9. The maximum absolute atomic E-state index is 12.6. The van der Waals surface area contributed by atoms with Gasteiger partial charge in [-0.2, -0.15) is 0 Å². The highest BCUT2D eigenvalue weighted by Crippen LogP contribution is 2.30. The van der Waals surface area contributed by atoms with E-state index in [0.29, 0.717) is 18.8 Å². The number of likely N-dealkylation sites (tertiary alicyclic amines) is 2. The van der Waals surface area contributed by atoms with Crippen LogP contribution in [-0.2, 0) is 14.3 Å². The fourth-order valence-corrected chi connectivity index (χ4v) is 3.47. The maximum atomic E-state index is 12.6. The van der Waals surface area contributed by atoms with E-state index in [9.17, 15) is 19.2 Å². The number of β-lactam (4-membered cyclic amide) rings is 1. The number of imide groups is 1. The van der Waals surface area contributed by atoms with Gasteiger partial charge in [-0.1, -0.05) is 12.1 Å². The van der Waals surface area contributed by atoms with E-state index in [1.54, 1.807) is 12.1 Å². The number of urea groups is 1. The van der Waals surface area contributed by atoms with Gasteiger partial charge in [0.25, 0.3) is 0 Å². The van der Waals surface area contributed by atoms with Crippen LogP contribution >= 0.6 is 0 Å². The first-order valence-electron chi connectivity index (χ1n) is 8.69. The number of piperidine rings is 1. The third-order valence-electron chi connectivity index (χ3n) is 4.92. The zero-order chi connectivity index (χ0) is 19.6. The Morgan fingerprint density at radius 1 is 1.30 bits per heavy atom. The zero-order valence-electron chi connectivity index (χ0n) is 14.9. The number of carbonyl (C=O) groups is 4. The largest absolute Gasteiger partial charge is 0.480 e. The van der Waals surface area contributed by atoms with Gasteiger partial charge < -0.3 is 14.7 Å². The quantitative estimate of drug-likeness (QED) is 0.779. The third-order valence-corrected chi connectivity index (χ3v) is 4.92. The number of carboxylic acids is 1. The highest BCUT2D eigenvalue weighted by atomic mass is 16.5.